The zero-order chi connectivity index (χ0) is 14.7. The number of thioether (sulfide) groups is 1. The van der Waals surface area contributed by atoms with Crippen LogP contribution >= 0.6 is 11.8 Å². The van der Waals surface area contributed by atoms with Crippen LogP contribution in [0.4, 0.5) is 0 Å². The molecule has 0 aromatic carbocycles. The minimum atomic E-state index is -2.96. The molecule has 0 aromatic rings. The highest BCUT2D eigenvalue weighted by molar-refractivity contribution is 8.02. The van der Waals surface area contributed by atoms with Gasteiger partial charge in [0.2, 0.25) is 5.91 Å². The molecule has 3 N–H and O–H groups in total. The van der Waals surface area contributed by atoms with E-state index in [1.807, 2.05) is 0 Å². The first-order valence-electron chi connectivity index (χ1n) is 5.67. The van der Waals surface area contributed by atoms with Crippen LogP contribution in [0.25, 0.3) is 0 Å². The molecule has 7 nitrogen and oxygen atoms in total. The van der Waals surface area contributed by atoms with Gasteiger partial charge in [-0.25, -0.2) is 13.2 Å². The molecule has 1 rings (SSSR count). The maximum atomic E-state index is 11.4. The first-order chi connectivity index (χ1) is 8.62. The summed E-state index contributed by atoms with van der Waals surface area (Å²) in [5, 5.41) is 20.3. The zero-order valence-electron chi connectivity index (χ0n) is 10.5. The number of amides is 1. The first kappa shape index (κ1) is 16.3. The SMILES string of the molecule is CC(O)(CNC(=O)CSC1CCS(=O)(=O)C1)C(=O)O. The summed E-state index contributed by atoms with van der Waals surface area (Å²) in [6.07, 6.45) is 0.535. The smallest absolute Gasteiger partial charge is 0.337 e. The molecule has 110 valence electrons. The van der Waals surface area contributed by atoms with Crippen LogP contribution in [0, 0.1) is 0 Å². The third-order valence-corrected chi connectivity index (χ3v) is 6.01. The second-order valence-corrected chi connectivity index (χ2v) is 8.21. The van der Waals surface area contributed by atoms with Crippen molar-refractivity contribution in [2.45, 2.75) is 24.2 Å². The number of aliphatic carboxylic acids is 1. The van der Waals surface area contributed by atoms with Gasteiger partial charge in [0.05, 0.1) is 23.8 Å². The maximum Gasteiger partial charge on any atom is 0.337 e. The number of hydrogen-bond donors (Lipinski definition) is 3. The Kier molecular flexibility index (Phi) is 5.22. The third kappa shape index (κ3) is 5.37. The lowest BCUT2D eigenvalue weighted by Gasteiger charge is -2.18. The van der Waals surface area contributed by atoms with E-state index in [-0.39, 0.29) is 29.1 Å². The topological polar surface area (TPSA) is 121 Å². The van der Waals surface area contributed by atoms with Gasteiger partial charge in [-0.3, -0.25) is 4.79 Å². The summed E-state index contributed by atoms with van der Waals surface area (Å²) >= 11 is 1.23. The summed E-state index contributed by atoms with van der Waals surface area (Å²) in [5.74, 6) is -1.55. The van der Waals surface area contributed by atoms with Crippen molar-refractivity contribution in [2.24, 2.45) is 0 Å². The van der Waals surface area contributed by atoms with Gasteiger partial charge in [-0.05, 0) is 13.3 Å². The highest BCUT2D eigenvalue weighted by Crippen LogP contribution is 2.23. The van der Waals surface area contributed by atoms with Crippen LogP contribution in [0.1, 0.15) is 13.3 Å². The van der Waals surface area contributed by atoms with Crippen molar-refractivity contribution in [3.63, 3.8) is 0 Å². The summed E-state index contributed by atoms with van der Waals surface area (Å²) in [4.78, 5) is 22.0. The Morgan fingerprint density at radius 3 is 2.58 bits per heavy atom. The molecule has 0 aromatic heterocycles. The van der Waals surface area contributed by atoms with Gasteiger partial charge in [-0.15, -0.1) is 11.8 Å². The number of carbonyl (C=O) groups excluding carboxylic acids is 1. The van der Waals surface area contributed by atoms with Gasteiger partial charge in [0.1, 0.15) is 0 Å². The quantitative estimate of drug-likeness (QED) is 0.567. The summed E-state index contributed by atoms with van der Waals surface area (Å²) < 4.78 is 22.4. The average molecular weight is 311 g/mol. The molecular formula is C10H17NO6S2. The molecular weight excluding hydrogens is 294 g/mol. The van der Waals surface area contributed by atoms with E-state index in [0.29, 0.717) is 6.42 Å². The lowest BCUT2D eigenvalue weighted by atomic mass is 10.1. The van der Waals surface area contributed by atoms with Crippen LogP contribution in [0.3, 0.4) is 0 Å². The van der Waals surface area contributed by atoms with E-state index in [9.17, 15) is 23.1 Å². The van der Waals surface area contributed by atoms with E-state index in [1.165, 1.54) is 11.8 Å². The Balaban J connectivity index is 2.28. The number of nitrogens with one attached hydrogen (secondary N) is 1. The molecule has 19 heavy (non-hydrogen) atoms. The van der Waals surface area contributed by atoms with Crippen LogP contribution in [0.5, 0.6) is 0 Å². The molecule has 2 atom stereocenters. The van der Waals surface area contributed by atoms with E-state index >= 15 is 0 Å². The van der Waals surface area contributed by atoms with Crippen LogP contribution < -0.4 is 5.32 Å². The van der Waals surface area contributed by atoms with Gasteiger partial charge in [-0.2, -0.15) is 0 Å². The number of rotatable bonds is 6. The zero-order valence-corrected chi connectivity index (χ0v) is 12.1. The number of sulfone groups is 1. The number of aliphatic hydroxyl groups is 1. The van der Waals surface area contributed by atoms with Crippen molar-refractivity contribution < 1.29 is 28.2 Å². The minimum Gasteiger partial charge on any atom is -0.479 e. The normalized spacial score (nSPS) is 24.6. The Bertz CT molecular complexity index is 459. The molecule has 1 fully saturated rings. The molecule has 1 saturated heterocycles. The summed E-state index contributed by atoms with van der Waals surface area (Å²) in [6.45, 7) is 0.705. The van der Waals surface area contributed by atoms with Crippen LogP contribution in [-0.4, -0.2) is 65.2 Å². The molecule has 0 saturated carbocycles. The van der Waals surface area contributed by atoms with E-state index < -0.39 is 27.3 Å². The molecule has 0 bridgehead atoms. The van der Waals surface area contributed by atoms with Gasteiger partial charge in [0.25, 0.3) is 0 Å². The van der Waals surface area contributed by atoms with E-state index in [4.69, 9.17) is 5.11 Å². The number of carboxylic acids is 1. The molecule has 0 radical (unpaired) electrons. The molecule has 1 aliphatic heterocycles. The minimum absolute atomic E-state index is 0.0515. The highest BCUT2D eigenvalue weighted by atomic mass is 32.2. The monoisotopic (exact) mass is 311 g/mol. The second-order valence-electron chi connectivity index (χ2n) is 4.69. The van der Waals surface area contributed by atoms with Crippen LogP contribution in [0.15, 0.2) is 0 Å². The van der Waals surface area contributed by atoms with Crippen LogP contribution in [0.2, 0.25) is 0 Å². The first-order valence-corrected chi connectivity index (χ1v) is 8.54. The Labute approximate surface area is 115 Å². The average Bonchev–Trinajstić information content (AvgIpc) is 2.63. The van der Waals surface area contributed by atoms with Crippen molar-refractivity contribution in [1.29, 1.82) is 0 Å². The molecule has 1 amide bonds. The summed E-state index contributed by atoms with van der Waals surface area (Å²) in [7, 11) is -2.96. The van der Waals surface area contributed by atoms with Gasteiger partial charge >= 0.3 is 5.97 Å². The summed E-state index contributed by atoms with van der Waals surface area (Å²) in [5.41, 5.74) is -2.00. The lowest BCUT2D eigenvalue weighted by molar-refractivity contribution is -0.156. The second kappa shape index (κ2) is 6.10. The third-order valence-electron chi connectivity index (χ3n) is 2.73. The van der Waals surface area contributed by atoms with Gasteiger partial charge in [-0.1, -0.05) is 0 Å². The van der Waals surface area contributed by atoms with Crippen molar-refractivity contribution >= 4 is 33.5 Å². The predicted octanol–water partition coefficient (Wildman–Crippen LogP) is -1.14. The molecule has 0 spiro atoms. The Morgan fingerprint density at radius 2 is 2.11 bits per heavy atom. The fourth-order valence-corrected chi connectivity index (χ4v) is 4.96. The van der Waals surface area contributed by atoms with E-state index in [1.54, 1.807) is 0 Å². The predicted molar refractivity (Wildman–Crippen MR) is 70.8 cm³/mol. The molecule has 2 unspecified atom stereocenters. The standard InChI is InChI=1S/C10H17NO6S2/c1-10(15,9(13)14)6-11-8(12)4-18-7-2-3-19(16,17)5-7/h7,15H,2-6H2,1H3,(H,11,12)(H,13,14). The number of carbonyl (C=O) groups is 2. The van der Waals surface area contributed by atoms with Crippen LogP contribution in [-0.2, 0) is 19.4 Å². The molecule has 1 heterocycles. The Morgan fingerprint density at radius 1 is 1.47 bits per heavy atom. The largest absolute Gasteiger partial charge is 0.479 e. The Hall–Kier alpha value is -0.800. The fraction of sp³-hybridized carbons (Fsp3) is 0.800. The van der Waals surface area contributed by atoms with Crippen molar-refractivity contribution in [3.05, 3.63) is 0 Å². The maximum absolute atomic E-state index is 11.4. The fourth-order valence-electron chi connectivity index (χ4n) is 1.48. The highest BCUT2D eigenvalue weighted by Gasteiger charge is 2.31. The van der Waals surface area contributed by atoms with Gasteiger partial charge in [0, 0.05) is 5.25 Å². The number of hydrogen-bond acceptors (Lipinski definition) is 6. The molecule has 1 aliphatic rings. The van der Waals surface area contributed by atoms with Gasteiger partial charge < -0.3 is 15.5 Å². The number of carboxylic acid groups (broad SMARTS) is 1. The van der Waals surface area contributed by atoms with Crippen molar-refractivity contribution in [1.82, 2.24) is 5.32 Å². The summed E-state index contributed by atoms with van der Waals surface area (Å²) in [6, 6.07) is 0. The molecule has 0 aliphatic carbocycles. The lowest BCUT2D eigenvalue weighted by Crippen LogP contribution is -2.47. The van der Waals surface area contributed by atoms with Crippen molar-refractivity contribution in [3.8, 4) is 0 Å². The van der Waals surface area contributed by atoms with E-state index in [2.05, 4.69) is 5.32 Å². The molecule has 9 heteroatoms. The van der Waals surface area contributed by atoms with Gasteiger partial charge in [0.15, 0.2) is 15.4 Å². The van der Waals surface area contributed by atoms with Crippen molar-refractivity contribution in [2.75, 3.05) is 23.8 Å². The van der Waals surface area contributed by atoms with E-state index in [0.717, 1.165) is 6.92 Å².